The maximum absolute atomic E-state index is 5.53. The standard InChI is InChI=1S/C11H20O/c1-9-2-4-10-6-7-12-8-11(10)5-3-9/h9-11H,2-8H2,1H3. The summed E-state index contributed by atoms with van der Waals surface area (Å²) in [5.74, 6) is 2.88. The topological polar surface area (TPSA) is 9.23 Å². The highest BCUT2D eigenvalue weighted by Gasteiger charge is 2.28. The molecule has 12 heavy (non-hydrogen) atoms. The first-order valence-electron chi connectivity index (χ1n) is 5.44. The number of hydrogen-bond acceptors (Lipinski definition) is 1. The molecule has 2 rings (SSSR count). The van der Waals surface area contributed by atoms with Gasteiger partial charge in [-0.2, -0.15) is 0 Å². The highest BCUT2D eigenvalue weighted by Crippen LogP contribution is 2.35. The van der Waals surface area contributed by atoms with Crippen molar-refractivity contribution in [3.63, 3.8) is 0 Å². The van der Waals surface area contributed by atoms with Crippen molar-refractivity contribution in [2.75, 3.05) is 13.2 Å². The van der Waals surface area contributed by atoms with Crippen LogP contribution in [0.2, 0.25) is 0 Å². The fourth-order valence-corrected chi connectivity index (χ4v) is 2.68. The molecule has 3 unspecified atom stereocenters. The van der Waals surface area contributed by atoms with Crippen LogP contribution in [0, 0.1) is 17.8 Å². The second-order valence-electron chi connectivity index (χ2n) is 4.64. The van der Waals surface area contributed by atoms with Crippen molar-refractivity contribution in [2.24, 2.45) is 17.8 Å². The van der Waals surface area contributed by atoms with Crippen LogP contribution in [0.1, 0.15) is 39.0 Å². The summed E-state index contributed by atoms with van der Waals surface area (Å²) in [5.41, 5.74) is 0. The summed E-state index contributed by atoms with van der Waals surface area (Å²) in [5, 5.41) is 0. The average Bonchev–Trinajstić information content (AvgIpc) is 2.29. The van der Waals surface area contributed by atoms with Crippen molar-refractivity contribution in [1.29, 1.82) is 0 Å². The maximum atomic E-state index is 5.53. The van der Waals surface area contributed by atoms with Crippen LogP contribution in [0.3, 0.4) is 0 Å². The van der Waals surface area contributed by atoms with Gasteiger partial charge in [-0.25, -0.2) is 0 Å². The minimum Gasteiger partial charge on any atom is -0.381 e. The van der Waals surface area contributed by atoms with Gasteiger partial charge in [0.2, 0.25) is 0 Å². The largest absolute Gasteiger partial charge is 0.381 e. The Bertz CT molecular complexity index is 128. The van der Waals surface area contributed by atoms with Crippen molar-refractivity contribution in [2.45, 2.75) is 39.0 Å². The molecular weight excluding hydrogens is 148 g/mol. The lowest BCUT2D eigenvalue weighted by Crippen LogP contribution is -2.26. The van der Waals surface area contributed by atoms with Gasteiger partial charge in [0.1, 0.15) is 0 Å². The van der Waals surface area contributed by atoms with Crippen molar-refractivity contribution >= 4 is 0 Å². The van der Waals surface area contributed by atoms with E-state index in [4.69, 9.17) is 4.74 Å². The van der Waals surface area contributed by atoms with Gasteiger partial charge in [-0.15, -0.1) is 0 Å². The Kier molecular flexibility index (Phi) is 2.69. The lowest BCUT2D eigenvalue weighted by molar-refractivity contribution is 0.0141. The van der Waals surface area contributed by atoms with E-state index in [2.05, 4.69) is 6.92 Å². The number of fused-ring (bicyclic) bond motifs is 1. The number of ether oxygens (including phenoxy) is 1. The Labute approximate surface area is 75.5 Å². The zero-order valence-corrected chi connectivity index (χ0v) is 8.09. The van der Waals surface area contributed by atoms with E-state index in [1.54, 1.807) is 0 Å². The van der Waals surface area contributed by atoms with Crippen LogP contribution in [0.4, 0.5) is 0 Å². The van der Waals surface area contributed by atoms with Crippen LogP contribution in [-0.2, 0) is 4.74 Å². The predicted octanol–water partition coefficient (Wildman–Crippen LogP) is 2.85. The first-order valence-corrected chi connectivity index (χ1v) is 5.44. The van der Waals surface area contributed by atoms with Gasteiger partial charge in [-0.3, -0.25) is 0 Å². The molecule has 2 aliphatic rings. The molecule has 1 heterocycles. The molecule has 0 aromatic carbocycles. The minimum absolute atomic E-state index is 0.906. The summed E-state index contributed by atoms with van der Waals surface area (Å²) in [6.07, 6.45) is 7.12. The molecule has 1 aliphatic heterocycles. The molecule has 0 aromatic rings. The second-order valence-corrected chi connectivity index (χ2v) is 4.64. The van der Waals surface area contributed by atoms with E-state index in [-0.39, 0.29) is 0 Å². The van der Waals surface area contributed by atoms with Gasteiger partial charge in [0.25, 0.3) is 0 Å². The van der Waals surface area contributed by atoms with Crippen molar-refractivity contribution in [3.05, 3.63) is 0 Å². The van der Waals surface area contributed by atoms with E-state index >= 15 is 0 Å². The molecule has 2 fully saturated rings. The highest BCUT2D eigenvalue weighted by molar-refractivity contribution is 4.78. The summed E-state index contributed by atoms with van der Waals surface area (Å²) in [7, 11) is 0. The van der Waals surface area contributed by atoms with Crippen LogP contribution in [0.25, 0.3) is 0 Å². The van der Waals surface area contributed by atoms with Gasteiger partial charge in [0, 0.05) is 13.2 Å². The fourth-order valence-electron chi connectivity index (χ4n) is 2.68. The van der Waals surface area contributed by atoms with E-state index < -0.39 is 0 Å². The van der Waals surface area contributed by atoms with Crippen LogP contribution < -0.4 is 0 Å². The average molecular weight is 168 g/mol. The molecule has 0 spiro atoms. The molecule has 70 valence electrons. The smallest absolute Gasteiger partial charge is 0.0496 e. The Balaban J connectivity index is 1.94. The summed E-state index contributed by atoms with van der Waals surface area (Å²) >= 11 is 0. The highest BCUT2D eigenvalue weighted by atomic mass is 16.5. The van der Waals surface area contributed by atoms with Gasteiger partial charge < -0.3 is 4.74 Å². The Morgan fingerprint density at radius 2 is 1.67 bits per heavy atom. The normalized spacial score (nSPS) is 43.2. The van der Waals surface area contributed by atoms with Gasteiger partial charge in [0.05, 0.1) is 0 Å². The zero-order valence-electron chi connectivity index (χ0n) is 8.09. The molecule has 0 radical (unpaired) electrons. The molecule has 1 saturated heterocycles. The van der Waals surface area contributed by atoms with E-state index in [1.807, 2.05) is 0 Å². The van der Waals surface area contributed by atoms with Gasteiger partial charge >= 0.3 is 0 Å². The van der Waals surface area contributed by atoms with E-state index in [0.29, 0.717) is 0 Å². The van der Waals surface area contributed by atoms with Crippen LogP contribution in [0.5, 0.6) is 0 Å². The van der Waals surface area contributed by atoms with Gasteiger partial charge in [-0.05, 0) is 37.0 Å². The maximum Gasteiger partial charge on any atom is 0.0496 e. The molecule has 0 N–H and O–H groups in total. The molecule has 0 aromatic heterocycles. The molecule has 1 nitrogen and oxygen atoms in total. The summed E-state index contributed by atoms with van der Waals surface area (Å²) in [6, 6.07) is 0. The zero-order chi connectivity index (χ0) is 8.39. The molecule has 0 bridgehead atoms. The molecule has 3 atom stereocenters. The summed E-state index contributed by atoms with van der Waals surface area (Å²) in [4.78, 5) is 0. The third-order valence-electron chi connectivity index (χ3n) is 3.69. The Hall–Kier alpha value is -0.0400. The SMILES string of the molecule is CC1CCC2CCOCC2CC1. The quantitative estimate of drug-likeness (QED) is 0.540. The van der Waals surface area contributed by atoms with Crippen LogP contribution >= 0.6 is 0 Å². The van der Waals surface area contributed by atoms with E-state index in [9.17, 15) is 0 Å². The molecular formula is C11H20O. The summed E-state index contributed by atoms with van der Waals surface area (Å²) in [6.45, 7) is 4.48. The number of rotatable bonds is 0. The van der Waals surface area contributed by atoms with E-state index in [1.165, 1.54) is 32.1 Å². The third kappa shape index (κ3) is 1.82. The van der Waals surface area contributed by atoms with E-state index in [0.717, 1.165) is 31.0 Å². The van der Waals surface area contributed by atoms with Gasteiger partial charge in [0.15, 0.2) is 0 Å². The van der Waals surface area contributed by atoms with Crippen LogP contribution in [0.15, 0.2) is 0 Å². The summed E-state index contributed by atoms with van der Waals surface area (Å²) < 4.78 is 5.53. The van der Waals surface area contributed by atoms with Crippen molar-refractivity contribution < 1.29 is 4.74 Å². The van der Waals surface area contributed by atoms with Crippen molar-refractivity contribution in [3.8, 4) is 0 Å². The van der Waals surface area contributed by atoms with Gasteiger partial charge in [-0.1, -0.05) is 19.8 Å². The third-order valence-corrected chi connectivity index (χ3v) is 3.69. The molecule has 0 amide bonds. The first kappa shape index (κ1) is 8.55. The number of hydrogen-bond donors (Lipinski definition) is 0. The monoisotopic (exact) mass is 168 g/mol. The second kappa shape index (κ2) is 3.78. The molecule has 1 aliphatic carbocycles. The predicted molar refractivity (Wildman–Crippen MR) is 50.0 cm³/mol. The Morgan fingerprint density at radius 1 is 0.917 bits per heavy atom. The molecule has 1 heteroatoms. The minimum atomic E-state index is 0.906. The first-order chi connectivity index (χ1) is 5.86. The lowest BCUT2D eigenvalue weighted by Gasteiger charge is -2.29. The van der Waals surface area contributed by atoms with Crippen molar-refractivity contribution in [1.82, 2.24) is 0 Å². The Morgan fingerprint density at radius 3 is 2.50 bits per heavy atom. The fraction of sp³-hybridized carbons (Fsp3) is 1.00. The lowest BCUT2D eigenvalue weighted by atomic mass is 9.85. The molecule has 1 saturated carbocycles. The van der Waals surface area contributed by atoms with Crippen LogP contribution in [-0.4, -0.2) is 13.2 Å².